The number of carbonyl (C=O) groups excluding carboxylic acids is 1. The van der Waals surface area contributed by atoms with Crippen molar-refractivity contribution in [2.75, 3.05) is 5.32 Å². The fourth-order valence-corrected chi connectivity index (χ4v) is 1.64. The zero-order valence-electron chi connectivity index (χ0n) is 10.3. The van der Waals surface area contributed by atoms with Crippen LogP contribution in [0, 0.1) is 0 Å². The average molecular weight is 272 g/mol. The Kier molecular flexibility index (Phi) is 3.80. The van der Waals surface area contributed by atoms with Gasteiger partial charge in [-0.1, -0.05) is 17.3 Å². The molecule has 1 aromatic carbocycles. The molecule has 0 saturated heterocycles. The van der Waals surface area contributed by atoms with Gasteiger partial charge in [0.1, 0.15) is 5.75 Å². The van der Waals surface area contributed by atoms with Crippen molar-refractivity contribution in [3.8, 4) is 5.75 Å². The van der Waals surface area contributed by atoms with Gasteiger partial charge in [0.25, 0.3) is 5.91 Å². The molecule has 7 nitrogen and oxygen atoms in total. The van der Waals surface area contributed by atoms with Crippen LogP contribution in [0.4, 0.5) is 5.69 Å². The standard InChI is InChI=1S/C13H12N4O3/c14-12(17-20)8-3-1-2-4-10(8)16-13(19)9-5-6-15-7-11(9)18/h1-7,18,20H,(H2,14,17)(H,16,19). The number of hydrogen-bond acceptors (Lipinski definition) is 5. The highest BCUT2D eigenvalue weighted by molar-refractivity contribution is 6.10. The minimum atomic E-state index is -0.525. The molecule has 7 heteroatoms. The molecule has 0 unspecified atom stereocenters. The SMILES string of the molecule is N/C(=N/O)c1ccccc1NC(=O)c1ccncc1O. The van der Waals surface area contributed by atoms with Crippen molar-refractivity contribution in [3.05, 3.63) is 53.9 Å². The van der Waals surface area contributed by atoms with Crippen molar-refractivity contribution < 1.29 is 15.1 Å². The normalized spacial score (nSPS) is 11.1. The highest BCUT2D eigenvalue weighted by Gasteiger charge is 2.14. The van der Waals surface area contributed by atoms with Crippen LogP contribution < -0.4 is 11.1 Å². The van der Waals surface area contributed by atoms with Crippen LogP contribution in [0.2, 0.25) is 0 Å². The first-order valence-electron chi connectivity index (χ1n) is 5.64. The predicted octanol–water partition coefficient (Wildman–Crippen LogP) is 1.13. The molecule has 2 aromatic rings. The molecule has 0 fully saturated rings. The molecule has 0 radical (unpaired) electrons. The second-order valence-corrected chi connectivity index (χ2v) is 3.88. The molecule has 102 valence electrons. The molecule has 0 aliphatic carbocycles. The predicted molar refractivity (Wildman–Crippen MR) is 72.8 cm³/mol. The summed E-state index contributed by atoms with van der Waals surface area (Å²) in [6.45, 7) is 0. The summed E-state index contributed by atoms with van der Waals surface area (Å²) in [4.78, 5) is 15.7. The smallest absolute Gasteiger partial charge is 0.259 e. The molecule has 0 aliphatic heterocycles. The maximum absolute atomic E-state index is 12.1. The Labute approximate surface area is 114 Å². The summed E-state index contributed by atoms with van der Waals surface area (Å²) in [5.41, 5.74) is 6.34. The fourth-order valence-electron chi connectivity index (χ4n) is 1.64. The number of pyridine rings is 1. The van der Waals surface area contributed by atoms with Gasteiger partial charge in [-0.2, -0.15) is 0 Å². The number of nitrogens with two attached hydrogens (primary N) is 1. The first-order valence-corrected chi connectivity index (χ1v) is 5.64. The zero-order chi connectivity index (χ0) is 14.5. The molecule has 5 N–H and O–H groups in total. The third kappa shape index (κ3) is 2.66. The van der Waals surface area contributed by atoms with Gasteiger partial charge in [-0.05, 0) is 18.2 Å². The molecular formula is C13H12N4O3. The van der Waals surface area contributed by atoms with E-state index in [1.165, 1.54) is 18.5 Å². The molecule has 2 rings (SSSR count). The molecule has 0 atom stereocenters. The molecule has 0 aliphatic rings. The Bertz CT molecular complexity index is 670. The van der Waals surface area contributed by atoms with E-state index in [0.717, 1.165) is 0 Å². The molecule has 0 saturated carbocycles. The minimum absolute atomic E-state index is 0.0781. The lowest BCUT2D eigenvalue weighted by Gasteiger charge is -2.10. The second-order valence-electron chi connectivity index (χ2n) is 3.88. The van der Waals surface area contributed by atoms with Gasteiger partial charge in [-0.3, -0.25) is 9.78 Å². The number of hydrogen-bond donors (Lipinski definition) is 4. The van der Waals surface area contributed by atoms with Crippen LogP contribution in [0.1, 0.15) is 15.9 Å². The van der Waals surface area contributed by atoms with E-state index < -0.39 is 5.91 Å². The summed E-state index contributed by atoms with van der Waals surface area (Å²) in [5.74, 6) is -0.880. The number of carbonyl (C=O) groups is 1. The number of aromatic hydroxyl groups is 1. The Hall–Kier alpha value is -3.09. The maximum Gasteiger partial charge on any atom is 0.259 e. The van der Waals surface area contributed by atoms with Crippen LogP contribution in [0.3, 0.4) is 0 Å². The summed E-state index contributed by atoms with van der Waals surface area (Å²) in [7, 11) is 0. The lowest BCUT2D eigenvalue weighted by Crippen LogP contribution is -2.19. The highest BCUT2D eigenvalue weighted by Crippen LogP contribution is 2.19. The highest BCUT2D eigenvalue weighted by atomic mass is 16.4. The lowest BCUT2D eigenvalue weighted by molar-refractivity contribution is 0.102. The van der Waals surface area contributed by atoms with Gasteiger partial charge in [0, 0.05) is 11.8 Å². The molecular weight excluding hydrogens is 260 g/mol. The summed E-state index contributed by atoms with van der Waals surface area (Å²) < 4.78 is 0. The van der Waals surface area contributed by atoms with Crippen molar-refractivity contribution in [1.29, 1.82) is 0 Å². The minimum Gasteiger partial charge on any atom is -0.505 e. The number of amidine groups is 1. The third-order valence-electron chi connectivity index (χ3n) is 2.60. The second kappa shape index (κ2) is 5.70. The number of nitrogens with one attached hydrogen (secondary N) is 1. The Balaban J connectivity index is 2.32. The van der Waals surface area contributed by atoms with Crippen LogP contribution in [0.5, 0.6) is 5.75 Å². The van der Waals surface area contributed by atoms with Gasteiger partial charge in [-0.15, -0.1) is 0 Å². The van der Waals surface area contributed by atoms with E-state index in [4.69, 9.17) is 10.9 Å². The van der Waals surface area contributed by atoms with Gasteiger partial charge >= 0.3 is 0 Å². The number of amides is 1. The molecule has 20 heavy (non-hydrogen) atoms. The monoisotopic (exact) mass is 272 g/mol. The molecule has 0 bridgehead atoms. The van der Waals surface area contributed by atoms with Crippen molar-refractivity contribution in [2.24, 2.45) is 10.9 Å². The zero-order valence-corrected chi connectivity index (χ0v) is 10.3. The van der Waals surface area contributed by atoms with E-state index in [0.29, 0.717) is 11.3 Å². The number of anilines is 1. The van der Waals surface area contributed by atoms with E-state index in [9.17, 15) is 9.90 Å². The van der Waals surface area contributed by atoms with E-state index in [1.807, 2.05) is 0 Å². The fraction of sp³-hybridized carbons (Fsp3) is 0. The van der Waals surface area contributed by atoms with Crippen LogP contribution in [-0.4, -0.2) is 27.0 Å². The van der Waals surface area contributed by atoms with Crippen LogP contribution in [0.25, 0.3) is 0 Å². The van der Waals surface area contributed by atoms with Crippen molar-refractivity contribution in [1.82, 2.24) is 4.98 Å². The maximum atomic E-state index is 12.1. The largest absolute Gasteiger partial charge is 0.505 e. The first-order chi connectivity index (χ1) is 9.63. The van der Waals surface area contributed by atoms with Crippen LogP contribution in [-0.2, 0) is 0 Å². The Morgan fingerprint density at radius 1 is 1.25 bits per heavy atom. The van der Waals surface area contributed by atoms with Gasteiger partial charge in [0.15, 0.2) is 5.84 Å². The number of oxime groups is 1. The number of benzene rings is 1. The van der Waals surface area contributed by atoms with Crippen LogP contribution in [0.15, 0.2) is 47.9 Å². The first kappa shape index (κ1) is 13.3. The van der Waals surface area contributed by atoms with Gasteiger partial charge in [0.2, 0.25) is 0 Å². The lowest BCUT2D eigenvalue weighted by atomic mass is 10.1. The number of nitrogens with zero attached hydrogens (tertiary/aromatic N) is 2. The van der Waals surface area contributed by atoms with E-state index in [2.05, 4.69) is 15.5 Å². The quantitative estimate of drug-likeness (QED) is 0.289. The molecule has 1 heterocycles. The number of para-hydroxylation sites is 1. The summed E-state index contributed by atoms with van der Waals surface area (Å²) in [6.07, 6.45) is 2.56. The number of rotatable bonds is 3. The van der Waals surface area contributed by atoms with Crippen molar-refractivity contribution in [2.45, 2.75) is 0 Å². The topological polar surface area (TPSA) is 121 Å². The van der Waals surface area contributed by atoms with E-state index in [-0.39, 0.29) is 17.1 Å². The Morgan fingerprint density at radius 3 is 2.70 bits per heavy atom. The third-order valence-corrected chi connectivity index (χ3v) is 2.60. The van der Waals surface area contributed by atoms with Gasteiger partial charge < -0.3 is 21.4 Å². The van der Waals surface area contributed by atoms with E-state index >= 15 is 0 Å². The van der Waals surface area contributed by atoms with E-state index in [1.54, 1.807) is 24.3 Å². The van der Waals surface area contributed by atoms with Crippen molar-refractivity contribution in [3.63, 3.8) is 0 Å². The molecule has 0 spiro atoms. The summed E-state index contributed by atoms with van der Waals surface area (Å²) >= 11 is 0. The van der Waals surface area contributed by atoms with Gasteiger partial charge in [-0.25, -0.2) is 0 Å². The van der Waals surface area contributed by atoms with Crippen LogP contribution >= 0.6 is 0 Å². The van der Waals surface area contributed by atoms with Gasteiger partial charge in [0.05, 0.1) is 17.4 Å². The summed E-state index contributed by atoms with van der Waals surface area (Å²) in [5, 5.41) is 23.8. The molecule has 1 aromatic heterocycles. The average Bonchev–Trinajstić information content (AvgIpc) is 2.47. The number of aromatic nitrogens is 1. The van der Waals surface area contributed by atoms with Crippen molar-refractivity contribution >= 4 is 17.4 Å². The summed E-state index contributed by atoms with van der Waals surface area (Å²) in [6, 6.07) is 7.96. The molecule has 1 amide bonds. The Morgan fingerprint density at radius 2 is 2.00 bits per heavy atom.